The number of benzene rings is 3. The molecular weight excluding hydrogens is 388 g/mol. The van der Waals surface area contributed by atoms with Crippen molar-refractivity contribution in [1.29, 1.82) is 0 Å². The van der Waals surface area contributed by atoms with Gasteiger partial charge < -0.3 is 14.6 Å². The molecule has 31 heavy (non-hydrogen) atoms. The number of aliphatic carboxylic acids is 1. The number of carboxylic acids is 1. The third-order valence-electron chi connectivity index (χ3n) is 5.46. The summed E-state index contributed by atoms with van der Waals surface area (Å²) in [5, 5.41) is 9.20. The minimum absolute atomic E-state index is 0.339. The highest BCUT2D eigenvalue weighted by Gasteiger charge is 2.18. The third-order valence-corrected chi connectivity index (χ3v) is 5.46. The van der Waals surface area contributed by atoms with E-state index in [1.54, 1.807) is 6.92 Å². The van der Waals surface area contributed by atoms with Crippen molar-refractivity contribution in [3.63, 3.8) is 0 Å². The van der Waals surface area contributed by atoms with Gasteiger partial charge in [-0.15, -0.1) is 0 Å². The molecule has 0 aliphatic heterocycles. The molecule has 4 nitrogen and oxygen atoms in total. The largest absolute Gasteiger partial charge is 0.490 e. The van der Waals surface area contributed by atoms with Gasteiger partial charge in [0.1, 0.15) is 12.4 Å². The fourth-order valence-corrected chi connectivity index (χ4v) is 3.95. The first kappa shape index (κ1) is 20.9. The number of ether oxygens (including phenoxy) is 2. The quantitative estimate of drug-likeness (QED) is 0.399. The van der Waals surface area contributed by atoms with E-state index in [2.05, 4.69) is 48.5 Å². The van der Waals surface area contributed by atoms with Gasteiger partial charge in [-0.05, 0) is 64.9 Å². The van der Waals surface area contributed by atoms with Crippen molar-refractivity contribution in [3.05, 3.63) is 95.1 Å². The highest BCUT2D eigenvalue weighted by atomic mass is 16.5. The summed E-state index contributed by atoms with van der Waals surface area (Å²) >= 11 is 0. The average molecular weight is 415 g/mol. The van der Waals surface area contributed by atoms with Crippen LogP contribution >= 0.6 is 0 Å². The predicted molar refractivity (Wildman–Crippen MR) is 122 cm³/mol. The minimum Gasteiger partial charge on any atom is -0.490 e. The summed E-state index contributed by atoms with van der Waals surface area (Å²) in [6.45, 7) is 2.64. The first-order chi connectivity index (χ1) is 15.1. The Morgan fingerprint density at radius 3 is 2.58 bits per heavy atom. The Morgan fingerprint density at radius 2 is 1.81 bits per heavy atom. The molecule has 0 heterocycles. The second-order valence-electron chi connectivity index (χ2n) is 7.59. The standard InChI is InChI=1S/C27H26O4/c1-2-30-26(27(28)29)17-20-9-12-23(13-10-20)31-15-5-6-19-11-14-25-22(16-19)18-21-7-3-4-8-24(21)25/h3-14,16,26H,2,15,17-18H2,1H3,(H,28,29)/b6-5+. The van der Waals surface area contributed by atoms with E-state index in [4.69, 9.17) is 9.47 Å². The molecule has 0 saturated carbocycles. The molecule has 4 heteroatoms. The predicted octanol–water partition coefficient (Wildman–Crippen LogP) is 5.38. The van der Waals surface area contributed by atoms with Gasteiger partial charge in [-0.25, -0.2) is 4.79 Å². The average Bonchev–Trinajstić information content (AvgIpc) is 3.15. The monoisotopic (exact) mass is 414 g/mol. The van der Waals surface area contributed by atoms with Crippen LogP contribution in [0.3, 0.4) is 0 Å². The van der Waals surface area contributed by atoms with Crippen molar-refractivity contribution in [2.75, 3.05) is 13.2 Å². The van der Waals surface area contributed by atoms with Crippen LogP contribution in [0.2, 0.25) is 0 Å². The summed E-state index contributed by atoms with van der Waals surface area (Å²) in [4.78, 5) is 11.2. The molecule has 1 aliphatic rings. The molecule has 0 radical (unpaired) electrons. The number of fused-ring (bicyclic) bond motifs is 3. The van der Waals surface area contributed by atoms with Crippen LogP contribution in [0.1, 0.15) is 29.2 Å². The zero-order valence-corrected chi connectivity index (χ0v) is 17.6. The SMILES string of the molecule is CCOC(Cc1ccc(OC/C=C/c2ccc3c(c2)Cc2ccccc2-3)cc1)C(=O)O. The van der Waals surface area contributed by atoms with Crippen molar-refractivity contribution in [1.82, 2.24) is 0 Å². The highest BCUT2D eigenvalue weighted by Crippen LogP contribution is 2.36. The first-order valence-corrected chi connectivity index (χ1v) is 10.6. The van der Waals surface area contributed by atoms with Gasteiger partial charge in [0.25, 0.3) is 0 Å². The van der Waals surface area contributed by atoms with Crippen LogP contribution in [0.25, 0.3) is 17.2 Å². The summed E-state index contributed by atoms with van der Waals surface area (Å²) in [6, 6.07) is 22.7. The van der Waals surface area contributed by atoms with E-state index in [0.717, 1.165) is 17.7 Å². The van der Waals surface area contributed by atoms with Crippen LogP contribution in [0, 0.1) is 0 Å². The lowest BCUT2D eigenvalue weighted by molar-refractivity contribution is -0.149. The molecule has 0 aromatic heterocycles. The van der Waals surface area contributed by atoms with Crippen LogP contribution in [0.4, 0.5) is 0 Å². The summed E-state index contributed by atoms with van der Waals surface area (Å²) in [5.74, 6) is -0.191. The molecule has 0 fully saturated rings. The van der Waals surface area contributed by atoms with Gasteiger partial charge in [0.15, 0.2) is 6.10 Å². The van der Waals surface area contributed by atoms with Crippen LogP contribution < -0.4 is 4.74 Å². The molecule has 0 saturated heterocycles. The van der Waals surface area contributed by atoms with Crippen LogP contribution in [-0.2, 0) is 22.4 Å². The zero-order chi connectivity index (χ0) is 21.6. The molecule has 1 aliphatic carbocycles. The maximum atomic E-state index is 11.2. The van der Waals surface area contributed by atoms with E-state index in [-0.39, 0.29) is 0 Å². The maximum Gasteiger partial charge on any atom is 0.333 e. The van der Waals surface area contributed by atoms with Gasteiger partial charge in [-0.1, -0.05) is 60.7 Å². The molecular formula is C27H26O4. The van der Waals surface area contributed by atoms with Gasteiger partial charge in [0, 0.05) is 13.0 Å². The lowest BCUT2D eigenvalue weighted by Gasteiger charge is -2.12. The van der Waals surface area contributed by atoms with E-state index in [1.807, 2.05) is 30.3 Å². The van der Waals surface area contributed by atoms with E-state index < -0.39 is 12.1 Å². The van der Waals surface area contributed by atoms with Crippen LogP contribution in [0.15, 0.2) is 72.8 Å². The Hall–Kier alpha value is -3.37. The maximum absolute atomic E-state index is 11.2. The van der Waals surface area contributed by atoms with Gasteiger partial charge >= 0.3 is 5.97 Å². The molecule has 158 valence electrons. The van der Waals surface area contributed by atoms with Gasteiger partial charge in [0.05, 0.1) is 0 Å². The third kappa shape index (κ3) is 5.04. The Morgan fingerprint density at radius 1 is 1.03 bits per heavy atom. The number of rotatable bonds is 9. The lowest BCUT2D eigenvalue weighted by Crippen LogP contribution is -2.26. The highest BCUT2D eigenvalue weighted by molar-refractivity contribution is 5.78. The molecule has 4 rings (SSSR count). The molecule has 0 spiro atoms. The Kier molecular flexibility index (Phi) is 6.48. The lowest BCUT2D eigenvalue weighted by atomic mass is 10.0. The summed E-state index contributed by atoms with van der Waals surface area (Å²) < 4.78 is 11.1. The van der Waals surface area contributed by atoms with Crippen molar-refractivity contribution < 1.29 is 19.4 Å². The summed E-state index contributed by atoms with van der Waals surface area (Å²) in [7, 11) is 0. The molecule has 3 aromatic carbocycles. The van der Waals surface area contributed by atoms with Crippen LogP contribution in [0.5, 0.6) is 5.75 Å². The number of hydrogen-bond donors (Lipinski definition) is 1. The number of carbonyl (C=O) groups is 1. The van der Waals surface area contributed by atoms with E-state index >= 15 is 0 Å². The molecule has 0 bridgehead atoms. The fourth-order valence-electron chi connectivity index (χ4n) is 3.95. The summed E-state index contributed by atoms with van der Waals surface area (Å²) in [6.07, 6.45) is 4.60. The van der Waals surface area contributed by atoms with Crippen LogP contribution in [-0.4, -0.2) is 30.4 Å². The van der Waals surface area contributed by atoms with E-state index in [9.17, 15) is 9.90 Å². The van der Waals surface area contributed by atoms with Gasteiger partial charge in [-0.2, -0.15) is 0 Å². The van der Waals surface area contributed by atoms with Gasteiger partial charge in [-0.3, -0.25) is 0 Å². The second kappa shape index (κ2) is 9.63. The Balaban J connectivity index is 1.31. The fraction of sp³-hybridized carbons (Fsp3) is 0.222. The van der Waals surface area contributed by atoms with E-state index in [0.29, 0.717) is 19.6 Å². The zero-order valence-electron chi connectivity index (χ0n) is 17.6. The van der Waals surface area contributed by atoms with Crippen molar-refractivity contribution in [2.45, 2.75) is 25.9 Å². The Bertz CT molecular complexity index is 1080. The van der Waals surface area contributed by atoms with Crippen molar-refractivity contribution in [2.24, 2.45) is 0 Å². The first-order valence-electron chi connectivity index (χ1n) is 10.6. The summed E-state index contributed by atoms with van der Waals surface area (Å²) in [5.41, 5.74) is 7.51. The molecule has 3 aromatic rings. The molecule has 1 unspecified atom stereocenters. The molecule has 0 amide bonds. The topological polar surface area (TPSA) is 55.8 Å². The molecule has 1 atom stereocenters. The van der Waals surface area contributed by atoms with Gasteiger partial charge in [0.2, 0.25) is 0 Å². The van der Waals surface area contributed by atoms with Crippen molar-refractivity contribution >= 4 is 12.0 Å². The molecule has 1 N–H and O–H groups in total. The second-order valence-corrected chi connectivity index (χ2v) is 7.59. The van der Waals surface area contributed by atoms with E-state index in [1.165, 1.54) is 27.8 Å². The smallest absolute Gasteiger partial charge is 0.333 e. The number of carboxylic acid groups (broad SMARTS) is 1. The normalized spacial score (nSPS) is 13.1. The Labute approximate surface area is 182 Å². The van der Waals surface area contributed by atoms with Crippen molar-refractivity contribution in [3.8, 4) is 16.9 Å². The number of hydrogen-bond acceptors (Lipinski definition) is 3. The minimum atomic E-state index is -0.942.